The molecule has 2 rings (SSSR count). The average Bonchev–Trinajstić information content (AvgIpc) is 2.39. The van der Waals surface area contributed by atoms with Crippen LogP contribution in [0.2, 0.25) is 0 Å². The van der Waals surface area contributed by atoms with Crippen molar-refractivity contribution in [2.75, 3.05) is 11.1 Å². The molecule has 0 unspecified atom stereocenters. The minimum absolute atomic E-state index is 0.0344. The second-order valence-corrected chi connectivity index (χ2v) is 5.57. The number of aryl methyl sites for hydroxylation is 1. The van der Waals surface area contributed by atoms with Gasteiger partial charge in [-0.25, -0.2) is 0 Å². The lowest BCUT2D eigenvalue weighted by atomic mass is 9.83. The second kappa shape index (κ2) is 5.37. The minimum atomic E-state index is -0.614. The third-order valence-electron chi connectivity index (χ3n) is 3.48. The van der Waals surface area contributed by atoms with E-state index in [4.69, 9.17) is 5.73 Å². The van der Waals surface area contributed by atoms with Gasteiger partial charge in [0.05, 0.1) is 5.41 Å². The number of rotatable bonds is 3. The molecule has 0 bridgehead atoms. The maximum atomic E-state index is 12.5. The molecule has 2 aromatic carbocycles. The Kier molecular flexibility index (Phi) is 3.79. The van der Waals surface area contributed by atoms with Crippen molar-refractivity contribution in [3.05, 3.63) is 59.7 Å². The van der Waals surface area contributed by atoms with E-state index in [0.29, 0.717) is 5.69 Å². The number of hydrogen-bond donors (Lipinski definition) is 2. The molecule has 0 fully saturated rings. The van der Waals surface area contributed by atoms with Gasteiger partial charge in [-0.3, -0.25) is 4.79 Å². The van der Waals surface area contributed by atoms with Crippen LogP contribution in [0.5, 0.6) is 0 Å². The molecule has 0 aliphatic carbocycles. The Labute approximate surface area is 119 Å². The summed E-state index contributed by atoms with van der Waals surface area (Å²) in [5, 5.41) is 2.97. The Balaban J connectivity index is 2.21. The Morgan fingerprint density at radius 2 is 1.75 bits per heavy atom. The number of amides is 1. The smallest absolute Gasteiger partial charge is 0.234 e. The number of benzene rings is 2. The summed E-state index contributed by atoms with van der Waals surface area (Å²) in [7, 11) is 0. The fourth-order valence-electron chi connectivity index (χ4n) is 2.04. The first kappa shape index (κ1) is 14.1. The highest BCUT2D eigenvalue weighted by Gasteiger charge is 2.29. The predicted molar refractivity (Wildman–Crippen MR) is 83.7 cm³/mol. The zero-order valence-corrected chi connectivity index (χ0v) is 12.1. The van der Waals surface area contributed by atoms with Crippen LogP contribution in [-0.4, -0.2) is 5.91 Å². The molecule has 3 N–H and O–H groups in total. The van der Waals surface area contributed by atoms with Crippen molar-refractivity contribution in [2.45, 2.75) is 26.2 Å². The molecular formula is C17H20N2O. The van der Waals surface area contributed by atoms with Crippen LogP contribution in [0.25, 0.3) is 0 Å². The van der Waals surface area contributed by atoms with Crippen molar-refractivity contribution in [1.82, 2.24) is 0 Å². The summed E-state index contributed by atoms with van der Waals surface area (Å²) in [6.45, 7) is 5.81. The minimum Gasteiger partial charge on any atom is -0.399 e. The van der Waals surface area contributed by atoms with Crippen LogP contribution in [0.1, 0.15) is 25.0 Å². The van der Waals surface area contributed by atoms with Crippen molar-refractivity contribution in [3.63, 3.8) is 0 Å². The summed E-state index contributed by atoms with van der Waals surface area (Å²) in [6.07, 6.45) is 0. The number of anilines is 2. The lowest BCUT2D eigenvalue weighted by Crippen LogP contribution is -2.34. The molecule has 3 nitrogen and oxygen atoms in total. The number of carbonyl (C=O) groups excluding carboxylic acids is 1. The van der Waals surface area contributed by atoms with Gasteiger partial charge in [0.1, 0.15) is 0 Å². The molecule has 0 atom stereocenters. The number of nitrogens with one attached hydrogen (secondary N) is 1. The van der Waals surface area contributed by atoms with Gasteiger partial charge in [-0.15, -0.1) is 0 Å². The summed E-state index contributed by atoms with van der Waals surface area (Å²) >= 11 is 0. The SMILES string of the molecule is Cc1cccc(NC(=O)C(C)(C)c2ccc(N)cc2)c1. The highest BCUT2D eigenvalue weighted by Crippen LogP contribution is 2.26. The molecule has 0 heterocycles. The third kappa shape index (κ3) is 2.99. The van der Waals surface area contributed by atoms with Crippen molar-refractivity contribution in [3.8, 4) is 0 Å². The molecule has 3 heteroatoms. The van der Waals surface area contributed by atoms with Gasteiger partial charge in [-0.1, -0.05) is 24.3 Å². The summed E-state index contributed by atoms with van der Waals surface area (Å²) in [5.41, 5.74) is 8.65. The highest BCUT2D eigenvalue weighted by atomic mass is 16.2. The summed E-state index contributed by atoms with van der Waals surface area (Å²) in [6, 6.07) is 15.2. The number of nitrogens with two attached hydrogens (primary N) is 1. The maximum Gasteiger partial charge on any atom is 0.234 e. The lowest BCUT2D eigenvalue weighted by Gasteiger charge is -2.24. The Bertz CT molecular complexity index is 615. The first-order valence-corrected chi connectivity index (χ1v) is 6.64. The standard InChI is InChI=1S/C17H20N2O/c1-12-5-4-6-15(11-12)19-16(20)17(2,3)13-7-9-14(18)10-8-13/h4-11H,18H2,1-3H3,(H,19,20). The van der Waals surface area contributed by atoms with E-state index in [1.165, 1.54) is 0 Å². The van der Waals surface area contributed by atoms with E-state index in [-0.39, 0.29) is 5.91 Å². The topological polar surface area (TPSA) is 55.1 Å². The second-order valence-electron chi connectivity index (χ2n) is 5.57. The van der Waals surface area contributed by atoms with Crippen LogP contribution in [0.15, 0.2) is 48.5 Å². The number of carbonyl (C=O) groups is 1. The molecule has 20 heavy (non-hydrogen) atoms. The molecular weight excluding hydrogens is 248 g/mol. The van der Waals surface area contributed by atoms with Gasteiger partial charge in [0.2, 0.25) is 5.91 Å². The fourth-order valence-corrected chi connectivity index (χ4v) is 2.04. The van der Waals surface area contributed by atoms with Crippen LogP contribution in [0.4, 0.5) is 11.4 Å². The molecule has 0 spiro atoms. The maximum absolute atomic E-state index is 12.5. The zero-order chi connectivity index (χ0) is 14.8. The van der Waals surface area contributed by atoms with Gasteiger partial charge in [0, 0.05) is 11.4 Å². The normalized spacial score (nSPS) is 11.2. The van der Waals surface area contributed by atoms with E-state index in [9.17, 15) is 4.79 Å². The summed E-state index contributed by atoms with van der Waals surface area (Å²) in [4.78, 5) is 12.5. The molecule has 0 aliphatic heterocycles. The molecule has 0 saturated carbocycles. The van der Waals surface area contributed by atoms with Crippen LogP contribution in [0, 0.1) is 6.92 Å². The van der Waals surface area contributed by atoms with Crippen molar-refractivity contribution in [1.29, 1.82) is 0 Å². The largest absolute Gasteiger partial charge is 0.399 e. The van der Waals surface area contributed by atoms with E-state index >= 15 is 0 Å². The van der Waals surface area contributed by atoms with Crippen LogP contribution < -0.4 is 11.1 Å². The predicted octanol–water partition coefficient (Wildman–Crippen LogP) is 3.49. The Morgan fingerprint density at radius 3 is 2.35 bits per heavy atom. The molecule has 104 valence electrons. The van der Waals surface area contributed by atoms with Crippen molar-refractivity contribution >= 4 is 17.3 Å². The first-order valence-electron chi connectivity index (χ1n) is 6.64. The van der Waals surface area contributed by atoms with Gasteiger partial charge < -0.3 is 11.1 Å². The molecule has 0 radical (unpaired) electrons. The van der Waals surface area contributed by atoms with Crippen LogP contribution in [-0.2, 0) is 10.2 Å². The fraction of sp³-hybridized carbons (Fsp3) is 0.235. The van der Waals surface area contributed by atoms with E-state index < -0.39 is 5.41 Å². The Hall–Kier alpha value is -2.29. The molecule has 2 aromatic rings. The van der Waals surface area contributed by atoms with Gasteiger partial charge in [0.25, 0.3) is 0 Å². The Morgan fingerprint density at radius 1 is 1.10 bits per heavy atom. The molecule has 0 saturated heterocycles. The molecule has 1 amide bonds. The van der Waals surface area contributed by atoms with Gasteiger partial charge >= 0.3 is 0 Å². The van der Waals surface area contributed by atoms with Gasteiger partial charge in [-0.05, 0) is 56.2 Å². The van der Waals surface area contributed by atoms with E-state index in [0.717, 1.165) is 16.8 Å². The number of hydrogen-bond acceptors (Lipinski definition) is 2. The lowest BCUT2D eigenvalue weighted by molar-refractivity contribution is -0.120. The first-order chi connectivity index (χ1) is 9.39. The van der Waals surface area contributed by atoms with Crippen molar-refractivity contribution < 1.29 is 4.79 Å². The quantitative estimate of drug-likeness (QED) is 0.837. The average molecular weight is 268 g/mol. The van der Waals surface area contributed by atoms with E-state index in [1.807, 2.05) is 69.3 Å². The van der Waals surface area contributed by atoms with E-state index in [1.54, 1.807) is 0 Å². The van der Waals surface area contributed by atoms with Crippen LogP contribution >= 0.6 is 0 Å². The third-order valence-corrected chi connectivity index (χ3v) is 3.48. The zero-order valence-electron chi connectivity index (χ0n) is 12.1. The molecule has 0 aromatic heterocycles. The summed E-state index contributed by atoms with van der Waals surface area (Å²) in [5.74, 6) is -0.0344. The van der Waals surface area contributed by atoms with Gasteiger partial charge in [-0.2, -0.15) is 0 Å². The molecule has 0 aliphatic rings. The number of nitrogen functional groups attached to an aromatic ring is 1. The van der Waals surface area contributed by atoms with E-state index in [2.05, 4.69) is 5.32 Å². The monoisotopic (exact) mass is 268 g/mol. The van der Waals surface area contributed by atoms with Crippen molar-refractivity contribution in [2.24, 2.45) is 0 Å². The summed E-state index contributed by atoms with van der Waals surface area (Å²) < 4.78 is 0. The highest BCUT2D eigenvalue weighted by molar-refractivity contribution is 5.98. The van der Waals surface area contributed by atoms with Gasteiger partial charge in [0.15, 0.2) is 0 Å². The van der Waals surface area contributed by atoms with Crippen LogP contribution in [0.3, 0.4) is 0 Å².